The van der Waals surface area contributed by atoms with Crippen LogP contribution in [0.5, 0.6) is 0 Å². The molecular formula is C26H25N3O3. The molecule has 0 aromatic heterocycles. The highest BCUT2D eigenvalue weighted by Gasteiger charge is 2.35. The van der Waals surface area contributed by atoms with Crippen molar-refractivity contribution in [3.63, 3.8) is 0 Å². The summed E-state index contributed by atoms with van der Waals surface area (Å²) in [6.45, 7) is 0.659. The van der Waals surface area contributed by atoms with Crippen molar-refractivity contribution in [2.75, 3.05) is 19.0 Å². The molecule has 0 spiro atoms. The van der Waals surface area contributed by atoms with E-state index in [4.69, 9.17) is 15.5 Å². The Kier molecular flexibility index (Phi) is 6.42. The fraction of sp³-hybridized carbons (Fsp3) is 0.192. The quantitative estimate of drug-likeness (QED) is 0.436. The van der Waals surface area contributed by atoms with Crippen LogP contribution in [0.4, 0.5) is 11.4 Å². The van der Waals surface area contributed by atoms with E-state index in [1.165, 1.54) is 12.7 Å². The Hall–Kier alpha value is -3.77. The van der Waals surface area contributed by atoms with Crippen LogP contribution in [0.25, 0.3) is 0 Å². The minimum atomic E-state index is -0.587. The zero-order chi connectivity index (χ0) is 22.5. The van der Waals surface area contributed by atoms with Crippen LogP contribution in [-0.4, -0.2) is 31.2 Å². The monoisotopic (exact) mass is 427 g/mol. The summed E-state index contributed by atoms with van der Waals surface area (Å²) in [5.41, 5.74) is 10.9. The second kappa shape index (κ2) is 9.58. The van der Waals surface area contributed by atoms with Gasteiger partial charge in [-0.05, 0) is 60.3 Å². The Bertz CT molecular complexity index is 1150. The van der Waals surface area contributed by atoms with Gasteiger partial charge in [-0.3, -0.25) is 9.79 Å². The molecule has 0 aliphatic carbocycles. The number of rotatable bonds is 7. The minimum Gasteiger partial charge on any atom is -0.465 e. The van der Waals surface area contributed by atoms with Gasteiger partial charge in [-0.15, -0.1) is 0 Å². The number of amides is 1. The molecule has 3 aromatic carbocycles. The lowest BCUT2D eigenvalue weighted by molar-refractivity contribution is -0.115. The predicted octanol–water partition coefficient (Wildman–Crippen LogP) is 4.22. The average molecular weight is 428 g/mol. The summed E-state index contributed by atoms with van der Waals surface area (Å²) < 4.78 is 4.80. The van der Waals surface area contributed by atoms with Gasteiger partial charge in [0.15, 0.2) is 0 Å². The molecule has 1 heterocycles. The Labute approximate surface area is 187 Å². The molecular weight excluding hydrogens is 402 g/mol. The molecule has 0 radical (unpaired) electrons. The first-order valence-electron chi connectivity index (χ1n) is 10.6. The maximum absolute atomic E-state index is 13.0. The first-order valence-corrected chi connectivity index (χ1v) is 10.6. The highest BCUT2D eigenvalue weighted by molar-refractivity contribution is 6.24. The molecule has 4 rings (SSSR count). The number of fused-ring (bicyclic) bond motifs is 1. The predicted molar refractivity (Wildman–Crippen MR) is 126 cm³/mol. The number of aryl methyl sites for hydroxylation is 1. The van der Waals surface area contributed by atoms with Crippen LogP contribution in [0, 0.1) is 0 Å². The molecule has 1 amide bonds. The molecule has 0 saturated carbocycles. The number of hydrogen-bond acceptors (Lipinski definition) is 5. The number of nitrogens with two attached hydrogens (primary N) is 1. The van der Waals surface area contributed by atoms with E-state index in [-0.39, 0.29) is 5.91 Å². The molecule has 6 heteroatoms. The fourth-order valence-corrected chi connectivity index (χ4v) is 3.87. The summed E-state index contributed by atoms with van der Waals surface area (Å²) in [6.07, 6.45) is 1.86. The van der Waals surface area contributed by atoms with Crippen molar-refractivity contribution in [3.8, 4) is 0 Å². The van der Waals surface area contributed by atoms with Gasteiger partial charge in [0.05, 0.1) is 24.1 Å². The summed E-state index contributed by atoms with van der Waals surface area (Å²) in [5.74, 6) is -1.21. The number of carbonyl (C=O) groups excluding carboxylic acids is 2. The van der Waals surface area contributed by atoms with E-state index >= 15 is 0 Å². The molecule has 6 nitrogen and oxygen atoms in total. The van der Waals surface area contributed by atoms with E-state index in [0.29, 0.717) is 23.5 Å². The fourth-order valence-electron chi connectivity index (χ4n) is 3.87. The van der Waals surface area contributed by atoms with Crippen LogP contribution in [0.3, 0.4) is 0 Å². The molecule has 0 bridgehead atoms. The third kappa shape index (κ3) is 4.45. The van der Waals surface area contributed by atoms with E-state index in [9.17, 15) is 9.59 Å². The Morgan fingerprint density at radius 2 is 1.78 bits per heavy atom. The van der Waals surface area contributed by atoms with Gasteiger partial charge in [-0.2, -0.15) is 0 Å². The van der Waals surface area contributed by atoms with E-state index in [0.717, 1.165) is 29.7 Å². The van der Waals surface area contributed by atoms with Gasteiger partial charge in [-0.1, -0.05) is 48.5 Å². The van der Waals surface area contributed by atoms with Gasteiger partial charge < -0.3 is 15.8 Å². The van der Waals surface area contributed by atoms with Gasteiger partial charge in [0.2, 0.25) is 5.91 Å². The highest BCUT2D eigenvalue weighted by atomic mass is 16.5. The Morgan fingerprint density at radius 1 is 1.03 bits per heavy atom. The number of anilines is 1. The maximum atomic E-state index is 13.0. The molecule has 32 heavy (non-hydrogen) atoms. The Morgan fingerprint density at radius 3 is 2.47 bits per heavy atom. The summed E-state index contributed by atoms with van der Waals surface area (Å²) in [5, 5.41) is 2.90. The van der Waals surface area contributed by atoms with Crippen molar-refractivity contribution in [3.05, 3.63) is 95.1 Å². The number of benzene rings is 3. The van der Waals surface area contributed by atoms with Crippen LogP contribution in [0.1, 0.15) is 39.4 Å². The number of methoxy groups -OCH3 is 1. The largest absolute Gasteiger partial charge is 0.465 e. The number of hydrogen-bond donors (Lipinski definition) is 2. The van der Waals surface area contributed by atoms with Gasteiger partial charge in [-0.25, -0.2) is 4.79 Å². The SMILES string of the molecule is COC(=O)c1ccc2c(c1)NC(=O)C2C(=Nc1ccc(CCCN)cc1)c1ccccc1. The topological polar surface area (TPSA) is 93.8 Å². The van der Waals surface area contributed by atoms with Crippen molar-refractivity contribution < 1.29 is 14.3 Å². The second-order valence-electron chi connectivity index (χ2n) is 7.64. The van der Waals surface area contributed by atoms with Crippen LogP contribution in [0.2, 0.25) is 0 Å². The van der Waals surface area contributed by atoms with Gasteiger partial charge >= 0.3 is 5.97 Å². The molecule has 0 fully saturated rings. The third-order valence-corrected chi connectivity index (χ3v) is 5.50. The molecule has 0 saturated heterocycles. The molecule has 1 unspecified atom stereocenters. The van der Waals surface area contributed by atoms with E-state index in [2.05, 4.69) is 5.32 Å². The normalized spacial score (nSPS) is 15.2. The molecule has 1 aliphatic heterocycles. The zero-order valence-electron chi connectivity index (χ0n) is 17.9. The van der Waals surface area contributed by atoms with Gasteiger partial charge in [0.25, 0.3) is 0 Å². The second-order valence-corrected chi connectivity index (χ2v) is 7.64. The van der Waals surface area contributed by atoms with Gasteiger partial charge in [0, 0.05) is 5.69 Å². The number of nitrogens with zero attached hydrogens (tertiary/aromatic N) is 1. The standard InChI is InChI=1S/C26H25N3O3/c1-32-26(31)19-11-14-21-22(16-19)29-25(30)23(21)24(18-7-3-2-4-8-18)28-20-12-9-17(10-13-20)6-5-15-27/h2-4,7-14,16,23H,5-6,15,27H2,1H3,(H,29,30). The number of esters is 1. The third-order valence-electron chi connectivity index (χ3n) is 5.50. The smallest absolute Gasteiger partial charge is 0.337 e. The van der Waals surface area contributed by atoms with Crippen LogP contribution in [0.15, 0.2) is 77.8 Å². The Balaban J connectivity index is 1.75. The first kappa shape index (κ1) is 21.5. The first-order chi connectivity index (χ1) is 15.6. The molecule has 162 valence electrons. The molecule has 3 N–H and O–H groups in total. The van der Waals surface area contributed by atoms with E-state index < -0.39 is 11.9 Å². The van der Waals surface area contributed by atoms with Crippen molar-refractivity contribution in [2.24, 2.45) is 10.7 Å². The zero-order valence-corrected chi connectivity index (χ0v) is 17.9. The number of ether oxygens (including phenoxy) is 1. The minimum absolute atomic E-state index is 0.177. The lowest BCUT2D eigenvalue weighted by Crippen LogP contribution is -2.21. The highest BCUT2D eigenvalue weighted by Crippen LogP contribution is 2.37. The van der Waals surface area contributed by atoms with E-state index in [1.807, 2.05) is 54.6 Å². The van der Waals surface area contributed by atoms with Gasteiger partial charge in [0.1, 0.15) is 5.92 Å². The number of nitrogens with one attached hydrogen (secondary N) is 1. The summed E-state index contributed by atoms with van der Waals surface area (Å²) in [7, 11) is 1.33. The molecule has 1 atom stereocenters. The van der Waals surface area contributed by atoms with Crippen molar-refractivity contribution >= 4 is 29.0 Å². The van der Waals surface area contributed by atoms with Crippen LogP contribution >= 0.6 is 0 Å². The maximum Gasteiger partial charge on any atom is 0.337 e. The van der Waals surface area contributed by atoms with Crippen molar-refractivity contribution in [1.82, 2.24) is 0 Å². The lowest BCUT2D eigenvalue weighted by atomic mass is 9.90. The lowest BCUT2D eigenvalue weighted by Gasteiger charge is -2.14. The average Bonchev–Trinajstić information content (AvgIpc) is 3.16. The summed E-state index contributed by atoms with van der Waals surface area (Å²) in [6, 6.07) is 22.8. The number of aliphatic imine (C=N–C) groups is 1. The van der Waals surface area contributed by atoms with E-state index in [1.54, 1.807) is 18.2 Å². The number of carbonyl (C=O) groups is 2. The molecule has 3 aromatic rings. The van der Waals surface area contributed by atoms with Crippen molar-refractivity contribution in [2.45, 2.75) is 18.8 Å². The molecule has 1 aliphatic rings. The van der Waals surface area contributed by atoms with Crippen LogP contribution in [-0.2, 0) is 16.0 Å². The van der Waals surface area contributed by atoms with Crippen LogP contribution < -0.4 is 11.1 Å². The summed E-state index contributed by atoms with van der Waals surface area (Å²) >= 11 is 0. The summed E-state index contributed by atoms with van der Waals surface area (Å²) in [4.78, 5) is 29.8. The van der Waals surface area contributed by atoms with Crippen molar-refractivity contribution in [1.29, 1.82) is 0 Å².